The topological polar surface area (TPSA) is 286 Å². The van der Waals surface area contributed by atoms with Crippen molar-refractivity contribution in [3.05, 3.63) is 0 Å². The smallest absolute Gasteiger partial charge is 0.217 e. The molecule has 3 fully saturated rings. The number of rotatable bonds is 7. The van der Waals surface area contributed by atoms with Crippen LogP contribution in [0, 0.1) is 0 Å². The highest BCUT2D eigenvalue weighted by Gasteiger charge is 2.52. The summed E-state index contributed by atoms with van der Waals surface area (Å²) in [5.41, 5.74) is 17.6. The normalized spacial score (nSPS) is 50.0. The molecule has 0 aromatic heterocycles. The zero-order chi connectivity index (χ0) is 26.9. The average molecular weight is 527 g/mol. The number of aliphatic hydroxyl groups is 7. The summed E-state index contributed by atoms with van der Waals surface area (Å²) >= 11 is 0. The molecule has 14 N–H and O–H groups in total. The van der Waals surface area contributed by atoms with Crippen LogP contribution in [0.5, 0.6) is 0 Å². The van der Waals surface area contributed by atoms with Gasteiger partial charge in [0.1, 0.15) is 61.0 Å². The van der Waals surface area contributed by atoms with Crippen molar-refractivity contribution in [1.82, 2.24) is 5.32 Å². The first-order valence-corrected chi connectivity index (χ1v) is 11.7. The van der Waals surface area contributed by atoms with E-state index in [9.17, 15) is 40.5 Å². The summed E-state index contributed by atoms with van der Waals surface area (Å²) in [5, 5.41) is 74.3. The van der Waals surface area contributed by atoms with Gasteiger partial charge in [-0.3, -0.25) is 4.79 Å². The number of hydrogen-bond donors (Lipinski definition) is 11. The lowest BCUT2D eigenvalue weighted by Gasteiger charge is -2.48. The van der Waals surface area contributed by atoms with Crippen molar-refractivity contribution >= 4 is 5.91 Å². The lowest BCUT2D eigenvalue weighted by atomic mass is 9.83. The van der Waals surface area contributed by atoms with Gasteiger partial charge in [0, 0.05) is 19.5 Å². The minimum Gasteiger partial charge on any atom is -0.394 e. The predicted octanol–water partition coefficient (Wildman–Crippen LogP) is -7.11. The highest BCUT2D eigenvalue weighted by molar-refractivity contribution is 5.73. The van der Waals surface area contributed by atoms with Crippen LogP contribution >= 0.6 is 0 Å². The molecule has 0 aromatic carbocycles. The fraction of sp³-hybridized carbons (Fsp3) is 0.950. The molecule has 0 aromatic rings. The van der Waals surface area contributed by atoms with Gasteiger partial charge in [0.05, 0.1) is 18.7 Å². The zero-order valence-electron chi connectivity index (χ0n) is 19.7. The van der Waals surface area contributed by atoms with Crippen LogP contribution in [-0.2, 0) is 23.7 Å². The SMILES string of the molecule is CC(=O)NC1CC(N)C(OC2OC(CO)C(O)C(N)C2O)C(O)C1OC1OC(CN)C(O)C(O)C1O. The maximum Gasteiger partial charge on any atom is 0.217 e. The summed E-state index contributed by atoms with van der Waals surface area (Å²) < 4.78 is 22.4. The number of carbonyl (C=O) groups excluding carboxylic acids is 1. The molecular weight excluding hydrogens is 488 g/mol. The second kappa shape index (κ2) is 12.2. The van der Waals surface area contributed by atoms with E-state index in [1.54, 1.807) is 0 Å². The lowest BCUT2D eigenvalue weighted by Crippen LogP contribution is -2.69. The third-order valence-electron chi connectivity index (χ3n) is 6.83. The Morgan fingerprint density at radius 1 is 0.861 bits per heavy atom. The first kappa shape index (κ1) is 29.5. The van der Waals surface area contributed by atoms with Gasteiger partial charge in [0.15, 0.2) is 12.6 Å². The monoisotopic (exact) mass is 526 g/mol. The van der Waals surface area contributed by atoms with Crippen molar-refractivity contribution in [2.45, 2.75) is 105 Å². The Morgan fingerprint density at radius 3 is 2.03 bits per heavy atom. The molecule has 2 heterocycles. The first-order chi connectivity index (χ1) is 16.9. The largest absolute Gasteiger partial charge is 0.394 e. The van der Waals surface area contributed by atoms with Gasteiger partial charge in [-0.2, -0.15) is 0 Å². The van der Waals surface area contributed by atoms with Gasteiger partial charge < -0.3 is 77.2 Å². The van der Waals surface area contributed by atoms with Crippen molar-refractivity contribution < 1.29 is 59.5 Å². The molecule has 2 aliphatic heterocycles. The Kier molecular flexibility index (Phi) is 9.97. The molecule has 1 aliphatic carbocycles. The van der Waals surface area contributed by atoms with Crippen molar-refractivity contribution in [3.8, 4) is 0 Å². The Balaban J connectivity index is 1.81. The maximum atomic E-state index is 11.8. The van der Waals surface area contributed by atoms with Gasteiger partial charge >= 0.3 is 0 Å². The van der Waals surface area contributed by atoms with Crippen LogP contribution in [0.2, 0.25) is 0 Å². The molecule has 16 nitrogen and oxygen atoms in total. The quantitative estimate of drug-likeness (QED) is 0.147. The van der Waals surface area contributed by atoms with E-state index in [-0.39, 0.29) is 13.0 Å². The third-order valence-corrected chi connectivity index (χ3v) is 6.83. The summed E-state index contributed by atoms with van der Waals surface area (Å²) in [7, 11) is 0. The second-order valence-electron chi connectivity index (χ2n) is 9.43. The number of nitrogens with one attached hydrogen (secondary N) is 1. The molecular formula is C20H38N4O12. The molecule has 0 spiro atoms. The Labute approximate surface area is 206 Å². The molecule has 3 rings (SSSR count). The van der Waals surface area contributed by atoms with Crippen molar-refractivity contribution in [2.24, 2.45) is 17.2 Å². The predicted molar refractivity (Wildman–Crippen MR) is 117 cm³/mol. The summed E-state index contributed by atoms with van der Waals surface area (Å²) in [6.45, 7) is 0.408. The second-order valence-corrected chi connectivity index (χ2v) is 9.43. The number of hydrogen-bond acceptors (Lipinski definition) is 15. The summed E-state index contributed by atoms with van der Waals surface area (Å²) in [5.74, 6) is -0.468. The van der Waals surface area contributed by atoms with Crippen LogP contribution in [0.15, 0.2) is 0 Å². The van der Waals surface area contributed by atoms with E-state index in [1.807, 2.05) is 0 Å². The van der Waals surface area contributed by atoms with Crippen molar-refractivity contribution in [1.29, 1.82) is 0 Å². The standard InChI is InChI=1S/C20H38N4O12/c1-5(26)24-7-2-6(22)17(35-19-13(29)10(23)11(27)9(4-25)34-19)16(32)18(7)36-20-15(31)14(30)12(28)8(3-21)33-20/h6-20,25,27-32H,2-4,21-23H2,1H3,(H,24,26). The fourth-order valence-electron chi connectivity index (χ4n) is 4.76. The van der Waals surface area contributed by atoms with Gasteiger partial charge in [-0.05, 0) is 6.42 Å². The van der Waals surface area contributed by atoms with Gasteiger partial charge in [0.2, 0.25) is 5.91 Å². The molecule has 210 valence electrons. The minimum atomic E-state index is -1.73. The van der Waals surface area contributed by atoms with Crippen LogP contribution in [0.1, 0.15) is 13.3 Å². The van der Waals surface area contributed by atoms with Gasteiger partial charge in [0.25, 0.3) is 0 Å². The van der Waals surface area contributed by atoms with Crippen LogP contribution in [0.25, 0.3) is 0 Å². The van der Waals surface area contributed by atoms with Crippen molar-refractivity contribution in [3.63, 3.8) is 0 Å². The van der Waals surface area contributed by atoms with E-state index >= 15 is 0 Å². The molecule has 0 radical (unpaired) electrons. The highest BCUT2D eigenvalue weighted by Crippen LogP contribution is 2.32. The number of aliphatic hydroxyl groups excluding tert-OH is 7. The molecule has 15 unspecified atom stereocenters. The van der Waals surface area contributed by atoms with E-state index in [2.05, 4.69) is 5.32 Å². The van der Waals surface area contributed by atoms with Crippen LogP contribution in [-0.4, -0.2) is 147 Å². The lowest BCUT2D eigenvalue weighted by molar-refractivity contribution is -0.332. The average Bonchev–Trinajstić information content (AvgIpc) is 2.83. The highest BCUT2D eigenvalue weighted by atomic mass is 16.7. The number of ether oxygens (including phenoxy) is 4. The zero-order valence-corrected chi connectivity index (χ0v) is 19.7. The van der Waals surface area contributed by atoms with Gasteiger partial charge in [-0.15, -0.1) is 0 Å². The number of nitrogens with two attached hydrogens (primary N) is 3. The van der Waals surface area contributed by atoms with E-state index in [1.165, 1.54) is 6.92 Å². The molecule has 16 heteroatoms. The Hall–Kier alpha value is -1.09. The molecule has 15 atom stereocenters. The fourth-order valence-corrected chi connectivity index (χ4v) is 4.76. The van der Waals surface area contributed by atoms with Crippen LogP contribution in [0.3, 0.4) is 0 Å². The molecule has 1 saturated carbocycles. The Morgan fingerprint density at radius 2 is 1.44 bits per heavy atom. The van der Waals surface area contributed by atoms with Crippen molar-refractivity contribution in [2.75, 3.05) is 13.2 Å². The van der Waals surface area contributed by atoms with Gasteiger partial charge in [-0.1, -0.05) is 0 Å². The maximum absolute atomic E-state index is 11.8. The number of carbonyl (C=O) groups is 1. The first-order valence-electron chi connectivity index (χ1n) is 11.7. The van der Waals surface area contributed by atoms with E-state index in [4.69, 9.17) is 36.1 Å². The van der Waals surface area contributed by atoms with E-state index < -0.39 is 104 Å². The number of amides is 1. The third kappa shape index (κ3) is 5.97. The van der Waals surface area contributed by atoms with E-state index in [0.29, 0.717) is 0 Å². The van der Waals surface area contributed by atoms with E-state index in [0.717, 1.165) is 0 Å². The van der Waals surface area contributed by atoms with Crippen LogP contribution < -0.4 is 22.5 Å². The molecule has 0 bridgehead atoms. The van der Waals surface area contributed by atoms with Crippen LogP contribution in [0.4, 0.5) is 0 Å². The molecule has 1 amide bonds. The summed E-state index contributed by atoms with van der Waals surface area (Å²) in [6, 6.07) is -3.05. The molecule has 36 heavy (non-hydrogen) atoms. The van der Waals surface area contributed by atoms with Gasteiger partial charge in [-0.25, -0.2) is 0 Å². The molecule has 3 aliphatic rings. The minimum absolute atomic E-state index is 0.00120. The summed E-state index contributed by atoms with van der Waals surface area (Å²) in [6.07, 6.45) is -17.3. The molecule has 2 saturated heterocycles. The summed E-state index contributed by atoms with van der Waals surface area (Å²) in [4.78, 5) is 11.8. The Bertz CT molecular complexity index is 735.